The lowest BCUT2D eigenvalue weighted by molar-refractivity contribution is -0.118. The second-order valence-corrected chi connectivity index (χ2v) is 9.02. The van der Waals surface area contributed by atoms with Gasteiger partial charge in [0.1, 0.15) is 19.0 Å². The predicted octanol–water partition coefficient (Wildman–Crippen LogP) is 5.12. The molecule has 1 amide bonds. The van der Waals surface area contributed by atoms with Crippen molar-refractivity contribution < 1.29 is 14.3 Å². The Morgan fingerprint density at radius 2 is 1.84 bits per heavy atom. The number of amides is 1. The van der Waals surface area contributed by atoms with Crippen molar-refractivity contribution in [3.63, 3.8) is 0 Å². The van der Waals surface area contributed by atoms with Gasteiger partial charge in [0.2, 0.25) is 5.95 Å². The number of halogens is 1. The van der Waals surface area contributed by atoms with E-state index < -0.39 is 6.04 Å². The summed E-state index contributed by atoms with van der Waals surface area (Å²) in [5.74, 6) is 1.50. The summed E-state index contributed by atoms with van der Waals surface area (Å²) in [6, 6.07) is 22.4. The van der Waals surface area contributed by atoms with Gasteiger partial charge >= 0.3 is 0 Å². The van der Waals surface area contributed by atoms with E-state index in [4.69, 9.17) is 21.1 Å². The molecular weight excluding hydrogens is 490 g/mol. The minimum atomic E-state index is -0.506. The van der Waals surface area contributed by atoms with Gasteiger partial charge in [0, 0.05) is 17.3 Å². The zero-order valence-electron chi connectivity index (χ0n) is 20.4. The molecule has 8 nitrogen and oxygen atoms in total. The molecule has 0 radical (unpaired) electrons. The van der Waals surface area contributed by atoms with Crippen LogP contribution in [-0.4, -0.2) is 27.8 Å². The molecular formula is C28H26ClN5O3. The fourth-order valence-electron chi connectivity index (χ4n) is 4.28. The minimum Gasteiger partial charge on any atom is -0.493 e. The number of hydrogen-bond donors (Lipinski definition) is 2. The van der Waals surface area contributed by atoms with E-state index in [1.807, 2.05) is 79.7 Å². The Labute approximate surface area is 219 Å². The quantitative estimate of drug-likeness (QED) is 0.338. The van der Waals surface area contributed by atoms with E-state index >= 15 is 0 Å². The van der Waals surface area contributed by atoms with Gasteiger partial charge < -0.3 is 20.1 Å². The molecule has 2 heterocycles. The molecule has 0 saturated carbocycles. The average Bonchev–Trinajstić information content (AvgIpc) is 3.39. The van der Waals surface area contributed by atoms with Crippen molar-refractivity contribution in [1.82, 2.24) is 20.1 Å². The molecule has 0 saturated heterocycles. The van der Waals surface area contributed by atoms with Crippen LogP contribution in [0.3, 0.4) is 0 Å². The van der Waals surface area contributed by atoms with Crippen molar-refractivity contribution in [2.24, 2.45) is 0 Å². The number of carbonyl (C=O) groups is 1. The van der Waals surface area contributed by atoms with E-state index in [1.54, 1.807) is 11.8 Å². The van der Waals surface area contributed by atoms with E-state index in [0.29, 0.717) is 46.9 Å². The predicted molar refractivity (Wildman–Crippen MR) is 142 cm³/mol. The summed E-state index contributed by atoms with van der Waals surface area (Å²) in [6.07, 6.45) is 1.47. The third-order valence-corrected chi connectivity index (χ3v) is 6.40. The van der Waals surface area contributed by atoms with E-state index in [2.05, 4.69) is 20.7 Å². The fourth-order valence-corrected chi connectivity index (χ4v) is 4.41. The number of fused-ring (bicyclic) bond motifs is 1. The SMILES string of the molecule is COc1cc(C2C(C(=O)NCc3ccccc3)=C(C)Nc3ncnn32)ccc1OCc1ccc(Cl)cc1. The standard InChI is InChI=1S/C28H26ClN5O3/c1-18-25(27(35)30-15-19-6-4-3-5-7-19)26(34-28(33-18)31-17-32-34)21-10-13-23(24(14-21)36-2)37-16-20-8-11-22(29)12-9-20/h3-14,17,26H,15-16H2,1-2H3,(H,30,35)(H,31,32,33). The first-order chi connectivity index (χ1) is 18.0. The molecule has 1 atom stereocenters. The van der Waals surface area contributed by atoms with E-state index in [9.17, 15) is 4.79 Å². The van der Waals surface area contributed by atoms with Gasteiger partial charge in [0.25, 0.3) is 5.91 Å². The number of aromatic nitrogens is 3. The molecule has 0 bridgehead atoms. The highest BCUT2D eigenvalue weighted by Gasteiger charge is 2.33. The summed E-state index contributed by atoms with van der Waals surface area (Å²) in [5.41, 5.74) is 4.06. The fraction of sp³-hybridized carbons (Fsp3) is 0.179. The Bertz CT molecular complexity index is 1430. The zero-order chi connectivity index (χ0) is 25.8. The number of rotatable bonds is 8. The molecule has 4 aromatic rings. The number of nitrogens with zero attached hydrogens (tertiary/aromatic N) is 3. The molecule has 1 aliphatic heterocycles. The molecule has 188 valence electrons. The van der Waals surface area contributed by atoms with Crippen molar-refractivity contribution in [2.45, 2.75) is 26.1 Å². The molecule has 0 aliphatic carbocycles. The van der Waals surface area contributed by atoms with Crippen LogP contribution in [0.25, 0.3) is 0 Å². The Hall–Kier alpha value is -4.30. The van der Waals surface area contributed by atoms with Gasteiger partial charge in [0.15, 0.2) is 11.5 Å². The Morgan fingerprint density at radius 3 is 2.59 bits per heavy atom. The molecule has 37 heavy (non-hydrogen) atoms. The Kier molecular flexibility index (Phi) is 7.09. The maximum atomic E-state index is 13.5. The maximum absolute atomic E-state index is 13.5. The van der Waals surface area contributed by atoms with Crippen LogP contribution in [-0.2, 0) is 17.9 Å². The first-order valence-corrected chi connectivity index (χ1v) is 12.2. The Balaban J connectivity index is 1.43. The van der Waals surface area contributed by atoms with Crippen molar-refractivity contribution >= 4 is 23.5 Å². The third kappa shape index (κ3) is 5.29. The highest BCUT2D eigenvalue weighted by molar-refractivity contribution is 6.30. The second kappa shape index (κ2) is 10.8. The number of benzene rings is 3. The summed E-state index contributed by atoms with van der Waals surface area (Å²) in [4.78, 5) is 17.8. The lowest BCUT2D eigenvalue weighted by Crippen LogP contribution is -2.34. The van der Waals surface area contributed by atoms with Crippen molar-refractivity contribution in [2.75, 3.05) is 12.4 Å². The van der Waals surface area contributed by atoms with Crippen molar-refractivity contribution in [3.05, 3.63) is 112 Å². The molecule has 0 spiro atoms. The summed E-state index contributed by atoms with van der Waals surface area (Å²) < 4.78 is 13.4. The number of ether oxygens (including phenoxy) is 2. The first-order valence-electron chi connectivity index (χ1n) is 11.8. The molecule has 1 aliphatic rings. The molecule has 2 N–H and O–H groups in total. The summed E-state index contributed by atoms with van der Waals surface area (Å²) in [5, 5.41) is 11.3. The number of allylic oxidation sites excluding steroid dienone is 1. The number of methoxy groups -OCH3 is 1. The number of hydrogen-bond acceptors (Lipinski definition) is 6. The molecule has 0 fully saturated rings. The smallest absolute Gasteiger partial charge is 0.251 e. The van der Waals surface area contributed by atoms with Crippen LogP contribution >= 0.6 is 11.6 Å². The van der Waals surface area contributed by atoms with Crippen LogP contribution in [0.1, 0.15) is 29.7 Å². The van der Waals surface area contributed by atoms with Gasteiger partial charge in [-0.05, 0) is 47.9 Å². The lowest BCUT2D eigenvalue weighted by atomic mass is 9.94. The molecule has 3 aromatic carbocycles. The molecule has 1 unspecified atom stereocenters. The van der Waals surface area contributed by atoms with Crippen LogP contribution in [0.5, 0.6) is 11.5 Å². The molecule has 5 rings (SSSR count). The second-order valence-electron chi connectivity index (χ2n) is 8.59. The van der Waals surface area contributed by atoms with Gasteiger partial charge in [-0.15, -0.1) is 0 Å². The molecule has 9 heteroatoms. The van der Waals surface area contributed by atoms with Gasteiger partial charge in [0.05, 0.1) is 12.7 Å². The Morgan fingerprint density at radius 1 is 1.05 bits per heavy atom. The summed E-state index contributed by atoms with van der Waals surface area (Å²) in [6.45, 7) is 2.64. The van der Waals surface area contributed by atoms with Gasteiger partial charge in [-0.25, -0.2) is 4.68 Å². The number of anilines is 1. The zero-order valence-corrected chi connectivity index (χ0v) is 21.2. The maximum Gasteiger partial charge on any atom is 0.251 e. The topological polar surface area (TPSA) is 90.3 Å². The van der Waals surface area contributed by atoms with Crippen molar-refractivity contribution in [3.8, 4) is 11.5 Å². The van der Waals surface area contributed by atoms with Gasteiger partial charge in [-0.1, -0.05) is 60.1 Å². The minimum absolute atomic E-state index is 0.193. The third-order valence-electron chi connectivity index (χ3n) is 6.15. The van der Waals surface area contributed by atoms with E-state index in [-0.39, 0.29) is 5.91 Å². The van der Waals surface area contributed by atoms with E-state index in [1.165, 1.54) is 6.33 Å². The molecule has 1 aromatic heterocycles. The first kappa shape index (κ1) is 24.4. The number of nitrogens with one attached hydrogen (secondary N) is 2. The summed E-state index contributed by atoms with van der Waals surface area (Å²) >= 11 is 5.98. The van der Waals surface area contributed by atoms with Gasteiger partial charge in [-0.3, -0.25) is 4.79 Å². The van der Waals surface area contributed by atoms with Crippen LogP contribution in [0.2, 0.25) is 5.02 Å². The summed E-state index contributed by atoms with van der Waals surface area (Å²) in [7, 11) is 1.59. The largest absolute Gasteiger partial charge is 0.493 e. The monoisotopic (exact) mass is 515 g/mol. The number of carbonyl (C=O) groups excluding carboxylic acids is 1. The normalized spacial score (nSPS) is 14.5. The van der Waals surface area contributed by atoms with E-state index in [0.717, 1.165) is 16.7 Å². The van der Waals surface area contributed by atoms with Crippen LogP contribution in [0, 0.1) is 0 Å². The highest BCUT2D eigenvalue weighted by Crippen LogP contribution is 2.38. The van der Waals surface area contributed by atoms with Crippen LogP contribution in [0.4, 0.5) is 5.95 Å². The van der Waals surface area contributed by atoms with Crippen LogP contribution in [0.15, 0.2) is 90.4 Å². The van der Waals surface area contributed by atoms with Crippen LogP contribution < -0.4 is 20.1 Å². The lowest BCUT2D eigenvalue weighted by Gasteiger charge is -2.29. The van der Waals surface area contributed by atoms with Gasteiger partial charge in [-0.2, -0.15) is 10.1 Å². The van der Waals surface area contributed by atoms with Crippen molar-refractivity contribution in [1.29, 1.82) is 0 Å². The average molecular weight is 516 g/mol. The highest BCUT2D eigenvalue weighted by atomic mass is 35.5.